The first kappa shape index (κ1) is 34.5. The van der Waals surface area contributed by atoms with E-state index in [4.69, 9.17) is 9.84 Å². The third-order valence-corrected chi connectivity index (χ3v) is 9.75. The SMILES string of the molecule is COc1cc(C(=O)N2C[C@H](F)C[C@@H](N(C(=O)O)C(C)(C)C)C2)cn2nc(-c3cc4ccc(C(C)(O)C(F)(F)F)cc4n3CC3CC3)c(C)c12. The molecule has 3 aromatic heterocycles. The maximum absolute atomic E-state index is 15.1. The summed E-state index contributed by atoms with van der Waals surface area (Å²) in [6.45, 7) is 8.12. The molecule has 4 heterocycles. The lowest BCUT2D eigenvalue weighted by atomic mass is 9.94. The molecule has 2 aliphatic rings. The zero-order chi connectivity index (χ0) is 35.8. The highest BCUT2D eigenvalue weighted by Crippen LogP contribution is 2.42. The zero-order valence-electron chi connectivity index (χ0n) is 28.3. The second kappa shape index (κ2) is 11.9. The van der Waals surface area contributed by atoms with Crippen LogP contribution < -0.4 is 4.74 Å². The molecule has 4 aromatic rings. The molecular formula is C35H41F4N5O5. The second-order valence-corrected chi connectivity index (χ2v) is 14.5. The van der Waals surface area contributed by atoms with Gasteiger partial charge in [-0.1, -0.05) is 12.1 Å². The number of nitrogens with zero attached hydrogens (tertiary/aromatic N) is 5. The number of rotatable bonds is 7. The molecule has 1 aromatic carbocycles. The monoisotopic (exact) mass is 687 g/mol. The Kier molecular flexibility index (Phi) is 8.40. The Morgan fingerprint density at radius 3 is 2.37 bits per heavy atom. The first-order chi connectivity index (χ1) is 22.8. The maximum Gasteiger partial charge on any atom is 0.421 e. The number of carbonyl (C=O) groups excluding carboxylic acids is 1. The summed E-state index contributed by atoms with van der Waals surface area (Å²) in [5, 5.41) is 25.9. The first-order valence-electron chi connectivity index (χ1n) is 16.3. The van der Waals surface area contributed by atoms with Gasteiger partial charge in [-0.05, 0) is 77.1 Å². The van der Waals surface area contributed by atoms with Crippen LogP contribution in [-0.2, 0) is 12.1 Å². The summed E-state index contributed by atoms with van der Waals surface area (Å²) in [5.74, 6) is 0.177. The Morgan fingerprint density at radius 1 is 1.08 bits per heavy atom. The molecule has 1 saturated carbocycles. The van der Waals surface area contributed by atoms with E-state index in [-0.39, 0.29) is 30.6 Å². The molecule has 1 saturated heterocycles. The van der Waals surface area contributed by atoms with Crippen molar-refractivity contribution in [2.75, 3.05) is 20.2 Å². The fourth-order valence-electron chi connectivity index (χ4n) is 7.01. The van der Waals surface area contributed by atoms with Crippen LogP contribution in [0.2, 0.25) is 0 Å². The molecule has 0 bridgehead atoms. The van der Waals surface area contributed by atoms with E-state index in [1.165, 1.54) is 39.8 Å². The predicted molar refractivity (Wildman–Crippen MR) is 175 cm³/mol. The number of carboxylic acid groups (broad SMARTS) is 1. The Labute approximate surface area is 280 Å². The van der Waals surface area contributed by atoms with Gasteiger partial charge >= 0.3 is 12.3 Å². The molecular weight excluding hydrogens is 646 g/mol. The van der Waals surface area contributed by atoms with E-state index in [2.05, 4.69) is 0 Å². The summed E-state index contributed by atoms with van der Waals surface area (Å²) in [6, 6.07) is 6.89. The van der Waals surface area contributed by atoms with E-state index in [0.717, 1.165) is 19.8 Å². The number of aryl methyl sites for hydroxylation is 1. The lowest BCUT2D eigenvalue weighted by molar-refractivity contribution is -0.258. The summed E-state index contributed by atoms with van der Waals surface area (Å²) < 4.78 is 65.5. The number of carbonyl (C=O) groups is 2. The minimum Gasteiger partial charge on any atom is -0.494 e. The molecule has 1 unspecified atom stereocenters. The number of aliphatic hydroxyl groups is 1. The van der Waals surface area contributed by atoms with Gasteiger partial charge in [-0.2, -0.15) is 18.3 Å². The van der Waals surface area contributed by atoms with Crippen molar-refractivity contribution in [2.24, 2.45) is 5.92 Å². The minimum atomic E-state index is -4.87. The number of benzene rings is 1. The highest BCUT2D eigenvalue weighted by atomic mass is 19.4. The largest absolute Gasteiger partial charge is 0.494 e. The normalized spacial score (nSPS) is 20.1. The van der Waals surface area contributed by atoms with Crippen LogP contribution in [-0.4, -0.2) is 90.3 Å². The van der Waals surface area contributed by atoms with Gasteiger partial charge in [0.05, 0.1) is 31.0 Å². The van der Waals surface area contributed by atoms with Crippen LogP contribution in [0.3, 0.4) is 0 Å². The van der Waals surface area contributed by atoms with E-state index in [1.807, 2.05) is 17.6 Å². The third kappa shape index (κ3) is 6.19. The highest BCUT2D eigenvalue weighted by Gasteiger charge is 2.51. The Morgan fingerprint density at radius 2 is 1.78 bits per heavy atom. The van der Waals surface area contributed by atoms with Crippen LogP contribution in [0.25, 0.3) is 27.8 Å². The van der Waals surface area contributed by atoms with Gasteiger partial charge in [0.1, 0.15) is 23.1 Å². The quantitative estimate of drug-likeness (QED) is 0.207. The number of ether oxygens (including phenoxy) is 1. The number of methoxy groups -OCH3 is 1. The number of likely N-dealkylation sites (tertiary alicyclic amines) is 1. The number of alkyl halides is 4. The van der Waals surface area contributed by atoms with E-state index in [0.29, 0.717) is 51.6 Å². The van der Waals surface area contributed by atoms with Gasteiger partial charge in [0.25, 0.3) is 5.91 Å². The fourth-order valence-corrected chi connectivity index (χ4v) is 7.01. The predicted octanol–water partition coefficient (Wildman–Crippen LogP) is 6.78. The van der Waals surface area contributed by atoms with Gasteiger partial charge in [0.2, 0.25) is 0 Å². The van der Waals surface area contributed by atoms with Crippen molar-refractivity contribution in [3.8, 4) is 17.1 Å². The zero-order valence-corrected chi connectivity index (χ0v) is 28.3. The number of hydrogen-bond acceptors (Lipinski definition) is 5. The van der Waals surface area contributed by atoms with Gasteiger partial charge in [-0.15, -0.1) is 0 Å². The van der Waals surface area contributed by atoms with E-state index in [9.17, 15) is 33.0 Å². The van der Waals surface area contributed by atoms with Crippen LogP contribution in [0.15, 0.2) is 36.5 Å². The summed E-state index contributed by atoms with van der Waals surface area (Å²) in [5.41, 5.74) is -0.936. The Bertz CT molecular complexity index is 1940. The van der Waals surface area contributed by atoms with Gasteiger partial charge in [0.15, 0.2) is 5.60 Å². The van der Waals surface area contributed by atoms with Crippen molar-refractivity contribution in [1.82, 2.24) is 24.0 Å². The molecule has 3 atom stereocenters. The van der Waals surface area contributed by atoms with E-state index >= 15 is 4.39 Å². The summed E-state index contributed by atoms with van der Waals surface area (Å²) in [7, 11) is 1.45. The molecule has 10 nitrogen and oxygen atoms in total. The van der Waals surface area contributed by atoms with Gasteiger partial charge in [0, 0.05) is 47.7 Å². The molecule has 2 N–H and O–H groups in total. The number of fused-ring (bicyclic) bond motifs is 2. The highest BCUT2D eigenvalue weighted by molar-refractivity contribution is 5.96. The van der Waals surface area contributed by atoms with Crippen LogP contribution >= 0.6 is 0 Å². The van der Waals surface area contributed by atoms with Gasteiger partial charge in [-0.3, -0.25) is 9.69 Å². The summed E-state index contributed by atoms with van der Waals surface area (Å²) in [6.07, 6.45) is -4.02. The van der Waals surface area contributed by atoms with Gasteiger partial charge in [-0.25, -0.2) is 13.7 Å². The topological polar surface area (TPSA) is 113 Å². The number of pyridine rings is 1. The molecule has 6 rings (SSSR count). The van der Waals surface area contributed by atoms with Crippen molar-refractivity contribution >= 4 is 28.4 Å². The molecule has 1 aliphatic carbocycles. The summed E-state index contributed by atoms with van der Waals surface area (Å²) in [4.78, 5) is 28.5. The smallest absolute Gasteiger partial charge is 0.421 e. The van der Waals surface area contributed by atoms with Gasteiger partial charge < -0.3 is 24.4 Å². The molecule has 49 heavy (non-hydrogen) atoms. The Hall–Kier alpha value is -4.33. The van der Waals surface area contributed by atoms with Crippen molar-refractivity contribution in [3.05, 3.63) is 53.2 Å². The molecule has 1 aliphatic heterocycles. The number of halogens is 4. The lowest BCUT2D eigenvalue weighted by Crippen LogP contribution is -2.59. The van der Waals surface area contributed by atoms with Crippen LogP contribution in [0.5, 0.6) is 5.75 Å². The van der Waals surface area contributed by atoms with Crippen molar-refractivity contribution in [2.45, 2.75) is 90.0 Å². The molecule has 14 heteroatoms. The van der Waals surface area contributed by atoms with Crippen LogP contribution in [0.4, 0.5) is 22.4 Å². The standard InChI is InChI=1S/C35H41F4N5O5/c1-19-29(27-11-21-9-10-23(34(5,48)35(37,38)39)13-26(21)42(27)15-20-7-8-20)40-43-16-22(12-28(49-6)30(19)43)31(45)41-17-24(36)14-25(18-41)44(32(46)47)33(2,3)4/h9-13,16,20,24-25,48H,7-8,14-15,17-18H2,1-6H3,(H,46,47)/t24-,25-,34?/m1/s1. The average molecular weight is 688 g/mol. The van der Waals surface area contributed by atoms with Crippen molar-refractivity contribution in [1.29, 1.82) is 0 Å². The maximum atomic E-state index is 15.1. The average Bonchev–Trinajstić information content (AvgIpc) is 3.67. The molecule has 2 fully saturated rings. The molecule has 2 amide bonds. The Balaban J connectivity index is 1.42. The number of hydrogen-bond donors (Lipinski definition) is 2. The minimum absolute atomic E-state index is 0.0110. The third-order valence-electron chi connectivity index (χ3n) is 9.75. The second-order valence-electron chi connectivity index (χ2n) is 14.5. The number of amides is 2. The van der Waals surface area contributed by atoms with Crippen LogP contribution in [0, 0.1) is 12.8 Å². The molecule has 0 radical (unpaired) electrons. The first-order valence-corrected chi connectivity index (χ1v) is 16.3. The van der Waals surface area contributed by atoms with E-state index in [1.54, 1.807) is 32.9 Å². The fraction of sp³-hybridized carbons (Fsp3) is 0.514. The lowest BCUT2D eigenvalue weighted by Gasteiger charge is -2.45. The van der Waals surface area contributed by atoms with E-state index < -0.39 is 41.5 Å². The number of piperidine rings is 1. The summed E-state index contributed by atoms with van der Waals surface area (Å²) >= 11 is 0. The molecule has 264 valence electrons. The van der Waals surface area contributed by atoms with Crippen LogP contribution in [0.1, 0.15) is 68.4 Å². The van der Waals surface area contributed by atoms with Crippen molar-refractivity contribution < 1.29 is 42.1 Å². The number of aromatic nitrogens is 3. The molecule has 0 spiro atoms. The van der Waals surface area contributed by atoms with Crippen molar-refractivity contribution in [3.63, 3.8) is 0 Å².